The maximum Gasteiger partial charge on any atom is 0.218 e. The highest BCUT2D eigenvalue weighted by molar-refractivity contribution is 5.25. The van der Waals surface area contributed by atoms with Crippen LogP contribution in [-0.4, -0.2) is 30.8 Å². The van der Waals surface area contributed by atoms with E-state index >= 15 is 0 Å². The van der Waals surface area contributed by atoms with Crippen LogP contribution >= 0.6 is 0 Å². The number of nitrogens with zero attached hydrogens (tertiary/aromatic N) is 1. The monoisotopic (exact) mass is 264 g/mol. The van der Waals surface area contributed by atoms with E-state index in [9.17, 15) is 0 Å². The van der Waals surface area contributed by atoms with E-state index in [1.165, 1.54) is 12.8 Å². The van der Waals surface area contributed by atoms with E-state index in [-0.39, 0.29) is 6.10 Å². The van der Waals surface area contributed by atoms with Crippen LogP contribution in [0.2, 0.25) is 0 Å². The summed E-state index contributed by atoms with van der Waals surface area (Å²) in [6, 6.07) is 4.46. The summed E-state index contributed by atoms with van der Waals surface area (Å²) in [5.41, 5.74) is 1.11. The second kappa shape index (κ2) is 6.87. The minimum absolute atomic E-state index is 0.145. The summed E-state index contributed by atoms with van der Waals surface area (Å²) in [7, 11) is 1.76. The molecular formula is C15H24N2O2. The van der Waals surface area contributed by atoms with Gasteiger partial charge < -0.3 is 14.8 Å². The van der Waals surface area contributed by atoms with Crippen molar-refractivity contribution in [3.8, 4) is 5.88 Å². The molecule has 1 unspecified atom stereocenters. The van der Waals surface area contributed by atoms with Crippen LogP contribution in [-0.2, 0) is 11.3 Å². The average Bonchev–Trinajstić information content (AvgIpc) is 3.19. The summed E-state index contributed by atoms with van der Waals surface area (Å²) in [4.78, 5) is 4.31. The minimum Gasteiger partial charge on any atom is -0.475 e. The molecule has 1 atom stereocenters. The van der Waals surface area contributed by atoms with Crippen LogP contribution in [0.3, 0.4) is 0 Å². The van der Waals surface area contributed by atoms with Gasteiger partial charge in [0.15, 0.2) is 0 Å². The SMILES string of the molecule is COCC(NCc1cccnc1OC(C)C)C1CC1. The number of nitrogens with one attached hydrogen (secondary N) is 1. The Kier molecular flexibility index (Phi) is 5.16. The Morgan fingerprint density at radius 3 is 2.84 bits per heavy atom. The molecule has 0 aromatic carbocycles. The van der Waals surface area contributed by atoms with Gasteiger partial charge in [0.2, 0.25) is 5.88 Å². The first-order chi connectivity index (χ1) is 9.20. The molecule has 1 aromatic heterocycles. The minimum atomic E-state index is 0.145. The van der Waals surface area contributed by atoms with Crippen molar-refractivity contribution in [1.82, 2.24) is 10.3 Å². The Labute approximate surface area is 115 Å². The Balaban J connectivity index is 1.93. The van der Waals surface area contributed by atoms with E-state index in [2.05, 4.69) is 16.4 Å². The maximum atomic E-state index is 5.73. The van der Waals surface area contributed by atoms with Crippen molar-refractivity contribution < 1.29 is 9.47 Å². The molecule has 1 N–H and O–H groups in total. The Morgan fingerprint density at radius 1 is 1.42 bits per heavy atom. The summed E-state index contributed by atoms with van der Waals surface area (Å²) in [6.07, 6.45) is 4.54. The lowest BCUT2D eigenvalue weighted by Gasteiger charge is -2.19. The van der Waals surface area contributed by atoms with Crippen molar-refractivity contribution in [2.75, 3.05) is 13.7 Å². The van der Waals surface area contributed by atoms with Crippen molar-refractivity contribution in [2.45, 2.75) is 45.4 Å². The standard InChI is InChI=1S/C15H24N2O2/c1-11(2)19-15-13(5-4-8-16-15)9-17-14(10-18-3)12-6-7-12/h4-5,8,11-12,14,17H,6-7,9-10H2,1-3H3. The fourth-order valence-electron chi connectivity index (χ4n) is 2.17. The number of hydrogen-bond acceptors (Lipinski definition) is 4. The summed E-state index contributed by atoms with van der Waals surface area (Å²) >= 11 is 0. The molecule has 0 saturated heterocycles. The lowest BCUT2D eigenvalue weighted by Crippen LogP contribution is -2.34. The molecule has 1 aromatic rings. The average molecular weight is 264 g/mol. The van der Waals surface area contributed by atoms with Gasteiger partial charge in [-0.05, 0) is 38.7 Å². The molecule has 0 amide bonds. The lowest BCUT2D eigenvalue weighted by atomic mass is 10.2. The first-order valence-corrected chi connectivity index (χ1v) is 7.03. The van der Waals surface area contributed by atoms with Gasteiger partial charge in [-0.3, -0.25) is 0 Å². The van der Waals surface area contributed by atoms with Gasteiger partial charge in [0.05, 0.1) is 12.7 Å². The van der Waals surface area contributed by atoms with Crippen LogP contribution in [0, 0.1) is 5.92 Å². The number of pyridine rings is 1. The van der Waals surface area contributed by atoms with Crippen LogP contribution in [0.1, 0.15) is 32.3 Å². The molecule has 19 heavy (non-hydrogen) atoms. The molecule has 106 valence electrons. The van der Waals surface area contributed by atoms with Gasteiger partial charge in [-0.15, -0.1) is 0 Å². The van der Waals surface area contributed by atoms with Crippen LogP contribution in [0.15, 0.2) is 18.3 Å². The summed E-state index contributed by atoms with van der Waals surface area (Å²) < 4.78 is 11.0. The summed E-state index contributed by atoms with van der Waals surface area (Å²) in [5.74, 6) is 1.50. The zero-order chi connectivity index (χ0) is 13.7. The van der Waals surface area contributed by atoms with Crippen LogP contribution < -0.4 is 10.1 Å². The van der Waals surface area contributed by atoms with Gasteiger partial charge in [0, 0.05) is 31.5 Å². The molecular weight excluding hydrogens is 240 g/mol. The molecule has 0 bridgehead atoms. The van der Waals surface area contributed by atoms with Crippen molar-refractivity contribution in [3.63, 3.8) is 0 Å². The summed E-state index contributed by atoms with van der Waals surface area (Å²) in [5, 5.41) is 3.57. The van der Waals surface area contributed by atoms with E-state index in [0.717, 1.165) is 30.5 Å². The quantitative estimate of drug-likeness (QED) is 0.783. The molecule has 1 aliphatic rings. The van der Waals surface area contributed by atoms with Crippen molar-refractivity contribution in [1.29, 1.82) is 0 Å². The van der Waals surface area contributed by atoms with Crippen molar-refractivity contribution in [3.05, 3.63) is 23.9 Å². The van der Waals surface area contributed by atoms with E-state index in [1.807, 2.05) is 19.9 Å². The van der Waals surface area contributed by atoms with Crippen LogP contribution in [0.5, 0.6) is 5.88 Å². The fourth-order valence-corrected chi connectivity index (χ4v) is 2.17. The van der Waals surface area contributed by atoms with Crippen LogP contribution in [0.25, 0.3) is 0 Å². The second-order valence-corrected chi connectivity index (χ2v) is 5.41. The second-order valence-electron chi connectivity index (χ2n) is 5.41. The molecule has 4 nitrogen and oxygen atoms in total. The highest BCUT2D eigenvalue weighted by atomic mass is 16.5. The number of methoxy groups -OCH3 is 1. The van der Waals surface area contributed by atoms with Gasteiger partial charge in [-0.1, -0.05) is 6.07 Å². The molecule has 2 rings (SSSR count). The molecule has 4 heteroatoms. The normalized spacial score (nSPS) is 16.6. The zero-order valence-electron chi connectivity index (χ0n) is 12.1. The smallest absolute Gasteiger partial charge is 0.218 e. The van der Waals surface area contributed by atoms with Gasteiger partial charge in [0.25, 0.3) is 0 Å². The van der Waals surface area contributed by atoms with E-state index in [1.54, 1.807) is 13.3 Å². The Bertz CT molecular complexity index is 391. The van der Waals surface area contributed by atoms with Gasteiger partial charge in [-0.25, -0.2) is 4.98 Å². The predicted molar refractivity (Wildman–Crippen MR) is 75.2 cm³/mol. The molecule has 1 heterocycles. The third kappa shape index (κ3) is 4.48. The number of ether oxygens (including phenoxy) is 2. The summed E-state index contributed by atoms with van der Waals surface area (Å²) in [6.45, 7) is 5.58. The lowest BCUT2D eigenvalue weighted by molar-refractivity contribution is 0.156. The molecule has 1 aliphatic carbocycles. The van der Waals surface area contributed by atoms with E-state index in [0.29, 0.717) is 6.04 Å². The van der Waals surface area contributed by atoms with Gasteiger partial charge in [0.1, 0.15) is 0 Å². The predicted octanol–water partition coefficient (Wildman–Crippen LogP) is 2.38. The number of hydrogen-bond donors (Lipinski definition) is 1. The number of aromatic nitrogens is 1. The molecule has 1 fully saturated rings. The first-order valence-electron chi connectivity index (χ1n) is 7.03. The van der Waals surface area contributed by atoms with Crippen molar-refractivity contribution in [2.24, 2.45) is 5.92 Å². The molecule has 0 aliphatic heterocycles. The Morgan fingerprint density at radius 2 is 2.21 bits per heavy atom. The highest BCUT2D eigenvalue weighted by Gasteiger charge is 2.30. The number of rotatable bonds is 8. The third-order valence-corrected chi connectivity index (χ3v) is 3.29. The van der Waals surface area contributed by atoms with E-state index < -0.39 is 0 Å². The molecule has 0 spiro atoms. The van der Waals surface area contributed by atoms with Crippen molar-refractivity contribution >= 4 is 0 Å². The Hall–Kier alpha value is -1.13. The van der Waals surface area contributed by atoms with E-state index in [4.69, 9.17) is 9.47 Å². The topological polar surface area (TPSA) is 43.4 Å². The largest absolute Gasteiger partial charge is 0.475 e. The highest BCUT2D eigenvalue weighted by Crippen LogP contribution is 2.33. The van der Waals surface area contributed by atoms with Crippen LogP contribution in [0.4, 0.5) is 0 Å². The van der Waals surface area contributed by atoms with Gasteiger partial charge >= 0.3 is 0 Å². The maximum absolute atomic E-state index is 5.73. The zero-order valence-corrected chi connectivity index (χ0v) is 12.1. The third-order valence-electron chi connectivity index (χ3n) is 3.29. The molecule has 1 saturated carbocycles. The van der Waals surface area contributed by atoms with Gasteiger partial charge in [-0.2, -0.15) is 0 Å². The fraction of sp³-hybridized carbons (Fsp3) is 0.667. The first kappa shape index (κ1) is 14.3. The molecule has 0 radical (unpaired) electrons.